The largest absolute Gasteiger partial charge is 0.481 e. The lowest BCUT2D eigenvalue weighted by molar-refractivity contribution is -0.168. The van der Waals surface area contributed by atoms with E-state index in [1.165, 1.54) is 6.92 Å². The minimum Gasteiger partial charge on any atom is -0.481 e. The molecule has 0 rings (SSSR count). The van der Waals surface area contributed by atoms with Gasteiger partial charge in [0, 0.05) is 7.11 Å². The summed E-state index contributed by atoms with van der Waals surface area (Å²) in [7, 11) is 1.00. The van der Waals surface area contributed by atoms with Gasteiger partial charge in [0.15, 0.2) is 0 Å². The number of esters is 2. The Morgan fingerprint density at radius 3 is 0.767 bits per heavy atom. The Kier molecular flexibility index (Phi) is 413. The maximum atomic E-state index is 10.7. The van der Waals surface area contributed by atoms with Crippen molar-refractivity contribution in [1.29, 1.82) is 0 Å². The summed E-state index contributed by atoms with van der Waals surface area (Å²) in [6, 6.07) is 0. The Hall–Kier alpha value is -3.10. The fourth-order valence-corrected chi connectivity index (χ4v) is 0.719. The number of hydrogen-bond acceptors (Lipinski definition) is 11. The summed E-state index contributed by atoms with van der Waals surface area (Å²) in [5, 5.41) is 44.8. The molecule has 0 saturated carbocycles. The molecule has 0 aliphatic heterocycles. The molecule has 43 heavy (non-hydrogen) atoms. The summed E-state index contributed by atoms with van der Waals surface area (Å²) < 4.78 is 8.54. The molecule has 0 aromatic carbocycles. The van der Waals surface area contributed by atoms with E-state index >= 15 is 0 Å². The summed E-state index contributed by atoms with van der Waals surface area (Å²) in [5.41, 5.74) is 0. The van der Waals surface area contributed by atoms with Crippen molar-refractivity contribution in [2.75, 3.05) is 20.7 Å². The molecule has 14 heteroatoms. The summed E-state index contributed by atoms with van der Waals surface area (Å²) in [6.07, 6.45) is -2.01. The molecular formula is C29H86O14. The van der Waals surface area contributed by atoms with Crippen molar-refractivity contribution in [3.63, 3.8) is 0 Å². The first-order valence-corrected chi connectivity index (χ1v) is 6.58. The van der Waals surface area contributed by atoms with Crippen LogP contribution in [0.4, 0.5) is 0 Å². The van der Waals surface area contributed by atoms with Gasteiger partial charge in [0.2, 0.25) is 6.79 Å². The molecule has 14 nitrogen and oxygen atoms in total. The number of hydrogen-bond donors (Lipinski definition) is 6. The predicted octanol–water partition coefficient (Wildman–Crippen LogP) is 7.74. The monoisotopic (exact) mass is 659 g/mol. The molecule has 0 spiro atoms. The highest BCUT2D eigenvalue weighted by Crippen LogP contribution is 1.91. The van der Waals surface area contributed by atoms with Gasteiger partial charge in [0.25, 0.3) is 0 Å². The van der Waals surface area contributed by atoms with Crippen molar-refractivity contribution in [1.82, 2.24) is 0 Å². The molecule has 0 unspecified atom stereocenters. The number of aliphatic hydroxyl groups excluding tert-OH is 2. The van der Waals surface area contributed by atoms with Crippen LogP contribution in [-0.4, -0.2) is 87.0 Å². The summed E-state index contributed by atoms with van der Waals surface area (Å²) in [4.78, 5) is 60.6. The number of aliphatic carboxylic acids is 3. The molecule has 0 bridgehead atoms. The average molecular weight is 659 g/mol. The van der Waals surface area contributed by atoms with Crippen molar-refractivity contribution < 1.29 is 68.9 Å². The average Bonchev–Trinajstić information content (AvgIpc) is 2.47. The van der Waals surface area contributed by atoms with E-state index in [0.717, 1.165) is 7.11 Å². The van der Waals surface area contributed by atoms with Gasteiger partial charge in [0.1, 0.15) is 31.8 Å². The van der Waals surface area contributed by atoms with E-state index in [-0.39, 0.29) is 125 Å². The highest BCUT2D eigenvalue weighted by Gasteiger charge is 2.11. The Labute approximate surface area is 270 Å². The molecule has 0 aromatic heterocycles. The van der Waals surface area contributed by atoms with E-state index in [9.17, 15) is 28.8 Å². The van der Waals surface area contributed by atoms with E-state index in [2.05, 4.69) is 9.47 Å². The molecule has 0 heterocycles. The van der Waals surface area contributed by atoms with Crippen LogP contribution in [0, 0.1) is 0 Å². The molecule has 0 aliphatic carbocycles. The van der Waals surface area contributed by atoms with Crippen molar-refractivity contribution >= 4 is 35.6 Å². The zero-order chi connectivity index (χ0) is 22.4. The highest BCUT2D eigenvalue weighted by molar-refractivity contribution is 5.94. The number of carbonyl (C=O) groups excluding carboxylic acids is 3. The molecule has 0 radical (unpaired) electrons. The number of carbonyl (C=O) groups is 6. The van der Waals surface area contributed by atoms with E-state index in [4.69, 9.17) is 30.6 Å². The van der Waals surface area contributed by atoms with Crippen molar-refractivity contribution in [3.8, 4) is 0 Å². The van der Waals surface area contributed by atoms with E-state index in [0.29, 0.717) is 0 Å². The second-order valence-electron chi connectivity index (χ2n) is 3.71. The van der Waals surface area contributed by atoms with Crippen LogP contribution in [0.5, 0.6) is 0 Å². The van der Waals surface area contributed by atoms with Gasteiger partial charge < -0.3 is 40.1 Å². The van der Waals surface area contributed by atoms with Crippen LogP contribution in [0.2, 0.25) is 0 Å². The molecule has 0 saturated heterocycles. The Morgan fingerprint density at radius 1 is 0.442 bits per heavy atom. The van der Waals surface area contributed by atoms with Gasteiger partial charge >= 0.3 is 29.8 Å². The first kappa shape index (κ1) is 152. The smallest absolute Gasteiger partial charge is 0.320 e. The highest BCUT2D eigenvalue weighted by atomic mass is 16.7. The number of carboxylic acids is 3. The Bertz CT molecular complexity index is 442. The lowest BCUT2D eigenvalue weighted by atomic mass is 10.3. The topological polar surface area (TPSA) is 242 Å². The van der Waals surface area contributed by atoms with Crippen LogP contribution < -0.4 is 0 Å². The molecule has 0 fully saturated rings. The van der Waals surface area contributed by atoms with E-state index in [1.54, 1.807) is 0 Å². The van der Waals surface area contributed by atoms with Crippen LogP contribution in [0.15, 0.2) is 0 Å². The first-order valence-electron chi connectivity index (χ1n) is 6.58. The molecule has 0 aromatic rings. The maximum Gasteiger partial charge on any atom is 0.320 e. The molecule has 0 aliphatic rings. The Balaban J connectivity index is -0.00000000947. The van der Waals surface area contributed by atoms with E-state index in [1.807, 2.05) is 0 Å². The van der Waals surface area contributed by atoms with Crippen LogP contribution in [0.25, 0.3) is 0 Å². The third-order valence-electron chi connectivity index (χ3n) is 1.43. The van der Waals surface area contributed by atoms with Crippen LogP contribution in [-0.2, 0) is 38.2 Å². The number of rotatable bonds is 8. The number of carboxylic acid groups (broad SMARTS) is 3. The van der Waals surface area contributed by atoms with Gasteiger partial charge in [-0.2, -0.15) is 0 Å². The number of ether oxygens (including phenoxy) is 2. The van der Waals surface area contributed by atoms with Crippen molar-refractivity contribution in [3.05, 3.63) is 0 Å². The van der Waals surface area contributed by atoms with Crippen LogP contribution >= 0.6 is 0 Å². The van der Waals surface area contributed by atoms with Gasteiger partial charge in [-0.15, -0.1) is 0 Å². The molecule has 0 atom stereocenters. The molecule has 0 amide bonds. The van der Waals surface area contributed by atoms with Gasteiger partial charge in [-0.1, -0.05) is 119 Å². The molecule has 6 N–H and O–H groups in total. The first-order chi connectivity index (χ1) is 12.5. The predicted molar refractivity (Wildman–Crippen MR) is 190 cm³/mol. The SMILES string of the molecule is C.C.C.C.C.C.C.C.C.C.C.C.C.C.C.C.CC(=O)CC(=O)OCOC(=O)CC(=O)O.CO.O=C(O)CC(=O)O.OCO. The molecular weight excluding hydrogens is 572 g/mol. The standard InChI is InChI=1S/C8H10O7.C3H4O4.CH4O2.CH4O.16CH4/c1-5(9)2-7(12)14-4-15-8(13)3-6(10)11;4-2(5)1-3(6)7;2-1-3;1-2;;;;;;;;;;;;;;;;/h2-4H2,1H3,(H,10,11);1H2,(H,4,5)(H,6,7);2-3H,1H2;2H,1H3;16*1H4. The minimum atomic E-state index is -1.34. The van der Waals surface area contributed by atoms with Gasteiger partial charge in [-0.25, -0.2) is 0 Å². The van der Waals surface area contributed by atoms with Crippen LogP contribution in [0.3, 0.4) is 0 Å². The fourth-order valence-electron chi connectivity index (χ4n) is 0.719. The normalized spacial score (nSPS) is 5.05. The minimum absolute atomic E-state index is 0. The second kappa shape index (κ2) is 117. The van der Waals surface area contributed by atoms with Gasteiger partial charge in [-0.3, -0.25) is 28.8 Å². The zero-order valence-electron chi connectivity index (χ0n) is 14.5. The summed E-state index contributed by atoms with van der Waals surface area (Å²) in [5.74, 6) is -6.18. The number of ketones is 1. The Morgan fingerprint density at radius 2 is 0.628 bits per heavy atom. The molecule has 286 valence electrons. The third kappa shape index (κ3) is 239. The summed E-state index contributed by atoms with van der Waals surface area (Å²) in [6.45, 7) is -0.226. The lowest BCUT2D eigenvalue weighted by Crippen LogP contribution is -2.16. The lowest BCUT2D eigenvalue weighted by Gasteiger charge is -2.03. The summed E-state index contributed by atoms with van der Waals surface area (Å²) >= 11 is 0. The number of Topliss-reactive ketones (excluding diaryl/α,β-unsaturated/α-hetero) is 1. The van der Waals surface area contributed by atoms with E-state index < -0.39 is 62.7 Å². The fraction of sp³-hybridized carbons (Fsp3) is 0.793. The maximum absolute atomic E-state index is 10.7. The zero-order valence-corrected chi connectivity index (χ0v) is 14.5. The second-order valence-corrected chi connectivity index (χ2v) is 3.71. The van der Waals surface area contributed by atoms with Crippen molar-refractivity contribution in [2.45, 2.75) is 145 Å². The van der Waals surface area contributed by atoms with Gasteiger partial charge in [0.05, 0.1) is 0 Å². The number of aliphatic hydroxyl groups is 3. The van der Waals surface area contributed by atoms with Crippen molar-refractivity contribution in [2.24, 2.45) is 0 Å². The van der Waals surface area contributed by atoms with Gasteiger partial charge in [-0.05, 0) is 6.92 Å². The van der Waals surface area contributed by atoms with Crippen LogP contribution in [0.1, 0.15) is 145 Å². The quantitative estimate of drug-likeness (QED) is 0.0829. The third-order valence-corrected chi connectivity index (χ3v) is 1.43.